The van der Waals surface area contributed by atoms with Crippen LogP contribution < -0.4 is 9.86 Å². The van der Waals surface area contributed by atoms with Crippen LogP contribution in [0.4, 0.5) is 10.1 Å². The maximum atomic E-state index is 13.9. The van der Waals surface area contributed by atoms with Crippen molar-refractivity contribution in [2.24, 2.45) is 5.14 Å². The van der Waals surface area contributed by atoms with Gasteiger partial charge in [0.05, 0.1) is 15.5 Å². The quantitative estimate of drug-likeness (QED) is 0.840. The summed E-state index contributed by atoms with van der Waals surface area (Å²) in [5, 5.41) is 4.90. The van der Waals surface area contributed by atoms with E-state index >= 15 is 0 Å². The Morgan fingerprint density at radius 3 is 1.96 bits per heavy atom. The van der Waals surface area contributed by atoms with Gasteiger partial charge in [-0.3, -0.25) is 4.72 Å². The molecule has 0 unspecified atom stereocenters. The zero-order chi connectivity index (χ0) is 18.1. The van der Waals surface area contributed by atoms with Gasteiger partial charge in [0, 0.05) is 0 Å². The molecule has 0 aliphatic rings. The van der Waals surface area contributed by atoms with Gasteiger partial charge in [-0.15, -0.1) is 0 Å². The molecule has 0 aliphatic heterocycles. The first kappa shape index (κ1) is 18.4. The first-order chi connectivity index (χ1) is 11.0. The molecule has 0 aliphatic carbocycles. The van der Waals surface area contributed by atoms with Gasteiger partial charge in [-0.25, -0.2) is 26.4 Å². The van der Waals surface area contributed by atoms with Crippen LogP contribution in [0, 0.1) is 5.82 Å². The van der Waals surface area contributed by atoms with Crippen LogP contribution in [0.25, 0.3) is 0 Å². The average molecular weight is 372 g/mol. The van der Waals surface area contributed by atoms with Crippen molar-refractivity contribution in [3.8, 4) is 0 Å². The van der Waals surface area contributed by atoms with Gasteiger partial charge in [0.1, 0.15) is 5.82 Å². The van der Waals surface area contributed by atoms with Crippen LogP contribution >= 0.6 is 0 Å². The lowest BCUT2D eigenvalue weighted by molar-refractivity contribution is 0.592. The molecule has 0 amide bonds. The number of nitrogens with two attached hydrogens (primary N) is 1. The summed E-state index contributed by atoms with van der Waals surface area (Å²) in [7, 11) is -8.07. The molecule has 2 aromatic rings. The molecule has 0 radical (unpaired) electrons. The minimum Gasteiger partial charge on any atom is -0.277 e. The molecular formula is C15H17FN2O4S2. The highest BCUT2D eigenvalue weighted by Gasteiger charge is 2.18. The Morgan fingerprint density at radius 2 is 1.50 bits per heavy atom. The fourth-order valence-electron chi connectivity index (χ4n) is 1.99. The van der Waals surface area contributed by atoms with E-state index < -0.39 is 30.8 Å². The van der Waals surface area contributed by atoms with Crippen LogP contribution in [-0.4, -0.2) is 16.8 Å². The molecule has 2 rings (SSSR count). The van der Waals surface area contributed by atoms with Crippen molar-refractivity contribution in [3.05, 3.63) is 53.8 Å². The summed E-state index contributed by atoms with van der Waals surface area (Å²) in [5.41, 5.74) is 0.605. The minimum atomic E-state index is -4.07. The van der Waals surface area contributed by atoms with Crippen molar-refractivity contribution in [3.63, 3.8) is 0 Å². The van der Waals surface area contributed by atoms with Crippen LogP contribution in [0.15, 0.2) is 52.3 Å². The third-order valence-corrected chi connectivity index (χ3v) is 5.66. The average Bonchev–Trinajstić information content (AvgIpc) is 2.48. The Balaban J connectivity index is 2.32. The van der Waals surface area contributed by atoms with E-state index in [-0.39, 0.29) is 16.5 Å². The third kappa shape index (κ3) is 4.11. The second-order valence-electron chi connectivity index (χ2n) is 5.52. The van der Waals surface area contributed by atoms with Crippen LogP contribution in [0.3, 0.4) is 0 Å². The molecule has 130 valence electrons. The molecule has 3 N–H and O–H groups in total. The lowest BCUT2D eigenvalue weighted by Gasteiger charge is -2.11. The molecule has 0 spiro atoms. The van der Waals surface area contributed by atoms with Crippen molar-refractivity contribution in [1.82, 2.24) is 0 Å². The van der Waals surface area contributed by atoms with Gasteiger partial charge in [0.2, 0.25) is 10.0 Å². The van der Waals surface area contributed by atoms with E-state index in [1.54, 1.807) is 12.1 Å². The van der Waals surface area contributed by atoms with Gasteiger partial charge in [0.25, 0.3) is 10.0 Å². The highest BCUT2D eigenvalue weighted by atomic mass is 32.2. The molecule has 0 atom stereocenters. The van der Waals surface area contributed by atoms with Gasteiger partial charge in [-0.1, -0.05) is 26.0 Å². The second-order valence-corrected chi connectivity index (χ2v) is 8.76. The van der Waals surface area contributed by atoms with Crippen molar-refractivity contribution >= 4 is 25.7 Å². The van der Waals surface area contributed by atoms with Gasteiger partial charge in [-0.05, 0) is 41.8 Å². The number of hydrogen-bond acceptors (Lipinski definition) is 4. The fraction of sp³-hybridized carbons (Fsp3) is 0.200. The van der Waals surface area contributed by atoms with Crippen molar-refractivity contribution in [1.29, 1.82) is 0 Å². The van der Waals surface area contributed by atoms with Gasteiger partial charge < -0.3 is 0 Å². The van der Waals surface area contributed by atoms with Crippen LogP contribution in [-0.2, 0) is 20.0 Å². The number of sulfonamides is 2. The molecule has 2 aromatic carbocycles. The molecule has 0 fully saturated rings. The van der Waals surface area contributed by atoms with E-state index in [1.807, 2.05) is 13.8 Å². The lowest BCUT2D eigenvalue weighted by atomic mass is 10.0. The molecule has 0 aromatic heterocycles. The SMILES string of the molecule is CC(C)c1ccc(S(=O)(=O)Nc2ccc(S(N)(=O)=O)cc2F)cc1. The predicted molar refractivity (Wildman–Crippen MR) is 89.1 cm³/mol. The predicted octanol–water partition coefficient (Wildman–Crippen LogP) is 2.40. The minimum absolute atomic E-state index is 0.0261. The first-order valence-electron chi connectivity index (χ1n) is 6.96. The number of primary sulfonamides is 1. The summed E-state index contributed by atoms with van der Waals surface area (Å²) < 4.78 is 63.0. The normalized spacial score (nSPS) is 12.4. The number of benzene rings is 2. The third-order valence-electron chi connectivity index (χ3n) is 3.37. The zero-order valence-corrected chi connectivity index (χ0v) is 14.7. The van der Waals surface area contributed by atoms with Gasteiger partial charge in [-0.2, -0.15) is 0 Å². The Morgan fingerprint density at radius 1 is 0.958 bits per heavy atom. The summed E-state index contributed by atoms with van der Waals surface area (Å²) in [6.45, 7) is 3.95. The number of rotatable bonds is 5. The summed E-state index contributed by atoms with van der Waals surface area (Å²) in [4.78, 5) is -0.467. The van der Waals surface area contributed by atoms with Crippen molar-refractivity contribution in [2.75, 3.05) is 4.72 Å². The topological polar surface area (TPSA) is 106 Å². The first-order valence-corrected chi connectivity index (χ1v) is 9.99. The molecule has 0 bridgehead atoms. The maximum Gasteiger partial charge on any atom is 0.261 e. The molecular weight excluding hydrogens is 355 g/mol. The molecule has 6 nitrogen and oxygen atoms in total. The van der Waals surface area contributed by atoms with Crippen molar-refractivity contribution in [2.45, 2.75) is 29.6 Å². The van der Waals surface area contributed by atoms with Crippen LogP contribution in [0.1, 0.15) is 25.3 Å². The monoisotopic (exact) mass is 372 g/mol. The molecule has 0 saturated carbocycles. The molecule has 0 saturated heterocycles. The van der Waals surface area contributed by atoms with E-state index in [4.69, 9.17) is 5.14 Å². The van der Waals surface area contributed by atoms with E-state index in [0.717, 1.165) is 17.7 Å². The summed E-state index contributed by atoms with van der Waals surface area (Å²) in [6.07, 6.45) is 0. The summed E-state index contributed by atoms with van der Waals surface area (Å²) in [5.74, 6) is -0.790. The Bertz CT molecular complexity index is 953. The van der Waals surface area contributed by atoms with Gasteiger partial charge >= 0.3 is 0 Å². The van der Waals surface area contributed by atoms with Crippen LogP contribution in [0.5, 0.6) is 0 Å². The number of anilines is 1. The number of halogens is 1. The zero-order valence-electron chi connectivity index (χ0n) is 13.0. The Labute approximate surface area is 140 Å². The Kier molecular flexibility index (Phi) is 4.97. The van der Waals surface area contributed by atoms with Crippen LogP contribution in [0.2, 0.25) is 0 Å². The highest BCUT2D eigenvalue weighted by molar-refractivity contribution is 7.92. The summed E-state index contributed by atoms with van der Waals surface area (Å²) in [6, 6.07) is 8.91. The molecule has 24 heavy (non-hydrogen) atoms. The van der Waals surface area contributed by atoms with E-state index in [1.165, 1.54) is 12.1 Å². The maximum absolute atomic E-state index is 13.9. The van der Waals surface area contributed by atoms with Crippen molar-refractivity contribution < 1.29 is 21.2 Å². The Hall–Kier alpha value is -1.97. The number of hydrogen-bond donors (Lipinski definition) is 2. The second kappa shape index (κ2) is 6.50. The highest BCUT2D eigenvalue weighted by Crippen LogP contribution is 2.23. The molecule has 0 heterocycles. The van der Waals surface area contributed by atoms with E-state index in [2.05, 4.69) is 4.72 Å². The van der Waals surface area contributed by atoms with E-state index in [0.29, 0.717) is 6.07 Å². The smallest absolute Gasteiger partial charge is 0.261 e. The summed E-state index contributed by atoms with van der Waals surface area (Å²) >= 11 is 0. The fourth-order valence-corrected chi connectivity index (χ4v) is 3.58. The number of nitrogens with one attached hydrogen (secondary N) is 1. The molecule has 9 heteroatoms. The van der Waals surface area contributed by atoms with Gasteiger partial charge in [0.15, 0.2) is 0 Å². The lowest BCUT2D eigenvalue weighted by Crippen LogP contribution is -2.16. The van der Waals surface area contributed by atoms with E-state index in [9.17, 15) is 21.2 Å². The standard InChI is InChI=1S/C15H17FN2O4S2/c1-10(2)11-3-5-12(6-4-11)24(21,22)18-15-8-7-13(9-14(15)16)23(17,19)20/h3-10,18H,1-2H3,(H2,17,19,20). The largest absolute Gasteiger partial charge is 0.277 e.